The number of esters is 1. The number of benzene rings is 1. The minimum absolute atomic E-state index is 0.128. The molecular formula is C56H77N9O8S. The van der Waals surface area contributed by atoms with Crippen molar-refractivity contribution in [3.05, 3.63) is 52.1 Å². The molecule has 17 nitrogen and oxygen atoms in total. The lowest BCUT2D eigenvalue weighted by Gasteiger charge is -2.41. The smallest absolute Gasteiger partial charge is 0.324 e. The fraction of sp³-hybridized carbons (Fsp3) is 0.661. The van der Waals surface area contributed by atoms with Crippen LogP contribution in [0, 0.1) is 23.2 Å². The Bertz CT molecular complexity index is 2660. The first-order chi connectivity index (χ1) is 35.9. The SMILES string of the molecule is CO[C@@H](C)c1ncc(N2CCN(C3CC3)CC2)cc1-c1c2c3cc(ccc3n1CCOC1CCOCC1)-c1csc(n1)[C@@H](N1CCOCC1)[C@H](NC(=O)C1[C@@H](C)[C@H]1C)C(=O)N1CCC[C@H](N1)C(=O)OCC(C)(C)C2. The number of hydrazine groups is 1. The summed E-state index contributed by atoms with van der Waals surface area (Å²) in [5, 5.41) is 8.71. The van der Waals surface area contributed by atoms with Crippen molar-refractivity contribution in [2.75, 3.05) is 97.5 Å². The number of ether oxygens (including phenoxy) is 5. The van der Waals surface area contributed by atoms with Crippen molar-refractivity contribution in [1.29, 1.82) is 0 Å². The summed E-state index contributed by atoms with van der Waals surface area (Å²) < 4.78 is 33.1. The maximum Gasteiger partial charge on any atom is 0.324 e. The number of nitrogens with one attached hydrogen (secondary N) is 2. The van der Waals surface area contributed by atoms with Gasteiger partial charge in [0, 0.05) is 117 Å². The van der Waals surface area contributed by atoms with Crippen molar-refractivity contribution in [3.63, 3.8) is 0 Å². The molecule has 18 heteroatoms. The molecule has 7 atom stereocenters. The lowest BCUT2D eigenvalue weighted by atomic mass is 9.84. The van der Waals surface area contributed by atoms with Crippen molar-refractivity contribution in [2.24, 2.45) is 23.2 Å². The third-order valence-electron chi connectivity index (χ3n) is 17.2. The van der Waals surface area contributed by atoms with Crippen molar-refractivity contribution in [3.8, 4) is 22.5 Å². The van der Waals surface area contributed by atoms with E-state index in [2.05, 4.69) is 94.3 Å². The first-order valence-electron chi connectivity index (χ1n) is 27.5. The van der Waals surface area contributed by atoms with Gasteiger partial charge in [0.1, 0.15) is 17.1 Å². The fourth-order valence-electron chi connectivity index (χ4n) is 12.3. The number of hydrogen-bond acceptors (Lipinski definition) is 15. The second-order valence-corrected chi connectivity index (χ2v) is 23.7. The number of methoxy groups -OCH3 is 1. The molecular weight excluding hydrogens is 959 g/mol. The number of nitrogens with zero attached hydrogens (tertiary/aromatic N) is 7. The van der Waals surface area contributed by atoms with Crippen molar-refractivity contribution in [2.45, 2.75) is 122 Å². The second kappa shape index (κ2) is 21.8. The van der Waals surface area contributed by atoms with Crippen LogP contribution < -0.4 is 15.6 Å². The summed E-state index contributed by atoms with van der Waals surface area (Å²) in [4.78, 5) is 61.7. The Balaban J connectivity index is 1.06. The average molecular weight is 1040 g/mol. The van der Waals surface area contributed by atoms with Gasteiger partial charge in [-0.25, -0.2) is 10.4 Å². The van der Waals surface area contributed by atoms with Crippen LogP contribution in [0.5, 0.6) is 0 Å². The number of anilines is 1. The molecule has 4 saturated heterocycles. The van der Waals surface area contributed by atoms with Gasteiger partial charge in [-0.2, -0.15) is 0 Å². The number of cyclic esters (lactones) is 1. The van der Waals surface area contributed by atoms with E-state index in [4.69, 9.17) is 33.7 Å². The molecule has 6 bridgehead atoms. The van der Waals surface area contributed by atoms with Gasteiger partial charge in [0.25, 0.3) is 5.91 Å². The lowest BCUT2D eigenvalue weighted by molar-refractivity contribution is -0.156. The predicted molar refractivity (Wildman–Crippen MR) is 283 cm³/mol. The van der Waals surface area contributed by atoms with Crippen LogP contribution in [-0.4, -0.2) is 164 Å². The number of rotatable bonds is 12. The van der Waals surface area contributed by atoms with Gasteiger partial charge in [-0.05, 0) is 87.5 Å². The van der Waals surface area contributed by atoms with Crippen molar-refractivity contribution in [1.82, 2.24) is 40.1 Å². The molecule has 6 fully saturated rings. The summed E-state index contributed by atoms with van der Waals surface area (Å²) >= 11 is 1.51. The maximum atomic E-state index is 15.1. The molecule has 2 saturated carbocycles. The van der Waals surface area contributed by atoms with Crippen LogP contribution in [0.25, 0.3) is 33.4 Å². The van der Waals surface area contributed by atoms with Crippen LogP contribution in [0.3, 0.4) is 0 Å². The lowest BCUT2D eigenvalue weighted by Crippen LogP contribution is -2.63. The van der Waals surface area contributed by atoms with E-state index in [1.54, 1.807) is 12.1 Å². The quantitative estimate of drug-likeness (QED) is 0.150. The summed E-state index contributed by atoms with van der Waals surface area (Å²) in [7, 11) is 1.74. The van der Waals surface area contributed by atoms with E-state index in [-0.39, 0.29) is 48.4 Å². The van der Waals surface area contributed by atoms with Gasteiger partial charge < -0.3 is 38.5 Å². The summed E-state index contributed by atoms with van der Waals surface area (Å²) in [5.74, 6) is -0.592. The number of aromatic nitrogens is 3. The number of pyridine rings is 1. The molecule has 0 radical (unpaired) electrons. The van der Waals surface area contributed by atoms with Crippen LogP contribution in [0.2, 0.25) is 0 Å². The first-order valence-corrected chi connectivity index (χ1v) is 28.4. The van der Waals surface area contributed by atoms with E-state index < -0.39 is 29.5 Å². The largest absolute Gasteiger partial charge is 0.464 e. The number of piperazine rings is 1. The van der Waals surface area contributed by atoms with Gasteiger partial charge in [-0.15, -0.1) is 11.3 Å². The zero-order valence-corrected chi connectivity index (χ0v) is 45.1. The molecule has 8 heterocycles. The Hall–Kier alpha value is -4.53. The van der Waals surface area contributed by atoms with Gasteiger partial charge in [0.2, 0.25) is 5.91 Å². The average Bonchev–Trinajstić information content (AvgIpc) is 4.29. The Morgan fingerprint density at radius 1 is 0.946 bits per heavy atom. The number of morpholine rings is 1. The molecule has 3 aromatic heterocycles. The number of fused-ring (bicyclic) bond motifs is 6. The van der Waals surface area contributed by atoms with Gasteiger partial charge in [0.15, 0.2) is 0 Å². The van der Waals surface area contributed by atoms with E-state index in [9.17, 15) is 9.59 Å². The van der Waals surface area contributed by atoms with Gasteiger partial charge in [-0.3, -0.25) is 34.2 Å². The van der Waals surface area contributed by atoms with Crippen molar-refractivity contribution >= 4 is 45.7 Å². The molecule has 2 N–H and O–H groups in total. The maximum absolute atomic E-state index is 15.1. The molecule has 2 aliphatic carbocycles. The molecule has 1 unspecified atom stereocenters. The van der Waals surface area contributed by atoms with Crippen molar-refractivity contribution < 1.29 is 38.1 Å². The number of carbonyl (C=O) groups excluding carboxylic acids is 3. The number of hydrogen-bond donors (Lipinski definition) is 2. The number of thiazole rings is 1. The number of amides is 2. The van der Waals surface area contributed by atoms with Gasteiger partial charge >= 0.3 is 5.97 Å². The van der Waals surface area contributed by atoms with Crippen LogP contribution in [0.1, 0.15) is 102 Å². The zero-order chi connectivity index (χ0) is 51.3. The molecule has 2 amide bonds. The highest BCUT2D eigenvalue weighted by Gasteiger charge is 2.51. The van der Waals surface area contributed by atoms with E-state index in [1.807, 2.05) is 6.20 Å². The monoisotopic (exact) mass is 1040 g/mol. The van der Waals surface area contributed by atoms with E-state index >= 15 is 4.79 Å². The Kier molecular flexibility index (Phi) is 15.2. The molecule has 1 aromatic carbocycles. The predicted octanol–water partition coefficient (Wildman–Crippen LogP) is 6.40. The molecule has 11 rings (SSSR count). The Morgan fingerprint density at radius 2 is 1.70 bits per heavy atom. The zero-order valence-electron chi connectivity index (χ0n) is 44.3. The van der Waals surface area contributed by atoms with Crippen LogP contribution in [-0.2, 0) is 51.0 Å². The normalized spacial score (nSPS) is 28.0. The van der Waals surface area contributed by atoms with Crippen LogP contribution >= 0.6 is 11.3 Å². The molecule has 7 aliphatic rings. The van der Waals surface area contributed by atoms with Gasteiger partial charge in [0.05, 0.1) is 73.6 Å². The molecule has 74 heavy (non-hydrogen) atoms. The summed E-state index contributed by atoms with van der Waals surface area (Å²) in [5.41, 5.74) is 10.7. The Morgan fingerprint density at radius 3 is 2.43 bits per heavy atom. The number of carbonyl (C=O) groups is 3. The minimum atomic E-state index is -0.983. The van der Waals surface area contributed by atoms with E-state index in [1.165, 1.54) is 24.2 Å². The van der Waals surface area contributed by atoms with E-state index in [0.717, 1.165) is 100 Å². The highest BCUT2D eigenvalue weighted by Crippen LogP contribution is 2.47. The molecule has 5 aliphatic heterocycles. The standard InChI is InChI=1S/C56H77N9O8S/c1-34-35(2)47(34)52(66)59-49-51(63-20-25-71-26-21-63)53-58-45(32-74-53)37-9-12-46-41(28-37)43(30-56(4,5)33-73-55(68)44-8-7-15-65(60-44)54(49)67)50(64(46)22-27-72-40-13-23-70-24-14-40)42-29-39(31-57-48(42)36(3)69-6)62-18-16-61(17-19-62)38-10-11-38/h9,12,28-29,31-32,34-36,38,40,44,47,49,51,60H,7-8,10-11,13-27,30,33H2,1-6H3,(H,59,66)/t34-,35+,36-,44-,47?,49-,51-/m0/s1. The summed E-state index contributed by atoms with van der Waals surface area (Å²) in [6.45, 7) is 19.6. The first kappa shape index (κ1) is 51.6. The fourth-order valence-corrected chi connectivity index (χ4v) is 13.3. The third kappa shape index (κ3) is 10.8. The minimum Gasteiger partial charge on any atom is -0.464 e. The summed E-state index contributed by atoms with van der Waals surface area (Å²) in [6.07, 6.45) is 7.85. The highest BCUT2D eigenvalue weighted by atomic mass is 32.1. The topological polar surface area (TPSA) is 165 Å². The molecule has 0 spiro atoms. The molecule has 400 valence electrons. The second-order valence-electron chi connectivity index (χ2n) is 22.8. The van der Waals surface area contributed by atoms with E-state index in [0.29, 0.717) is 78.5 Å². The van der Waals surface area contributed by atoms with Crippen LogP contribution in [0.15, 0.2) is 35.8 Å². The van der Waals surface area contributed by atoms with Crippen LogP contribution in [0.4, 0.5) is 5.69 Å². The van der Waals surface area contributed by atoms with Gasteiger partial charge in [-0.1, -0.05) is 33.8 Å². The highest BCUT2D eigenvalue weighted by molar-refractivity contribution is 7.10. The molecule has 4 aromatic rings. The Labute approximate surface area is 439 Å². The summed E-state index contributed by atoms with van der Waals surface area (Å²) in [6, 6.07) is 7.39. The third-order valence-corrected chi connectivity index (χ3v) is 18.1.